The third-order valence-corrected chi connectivity index (χ3v) is 10.9. The zero-order valence-corrected chi connectivity index (χ0v) is 38.8. The molecule has 0 spiro atoms. The minimum atomic E-state index is -1.58. The normalized spacial score (nSPS) is 21.2. The number of aliphatic hydroxyl groups excluding tert-OH is 5. The Morgan fingerprint density at radius 2 is 1.02 bits per heavy atom. The van der Waals surface area contributed by atoms with E-state index in [9.17, 15) is 30.3 Å². The number of carbonyl (C=O) groups excluding carboxylic acids is 1. The van der Waals surface area contributed by atoms with Crippen LogP contribution in [0.1, 0.15) is 174 Å². The molecule has 1 fully saturated rings. The monoisotopic (exact) mass is 868 g/mol. The van der Waals surface area contributed by atoms with Crippen molar-refractivity contribution in [2.45, 2.75) is 217 Å². The molecule has 1 aliphatic heterocycles. The van der Waals surface area contributed by atoms with Crippen LogP contribution in [0.3, 0.4) is 0 Å². The third kappa shape index (κ3) is 31.9. The Hall–Kier alpha value is -2.89. The number of unbranched alkanes of at least 4 members (excludes halogenated alkanes) is 15. The summed E-state index contributed by atoms with van der Waals surface area (Å²) < 4.78 is 11.2. The maximum absolute atomic E-state index is 13.0. The molecule has 62 heavy (non-hydrogen) atoms. The van der Waals surface area contributed by atoms with E-state index in [0.717, 1.165) is 96.3 Å². The Morgan fingerprint density at radius 1 is 0.565 bits per heavy atom. The van der Waals surface area contributed by atoms with Gasteiger partial charge in [-0.15, -0.1) is 0 Å². The Morgan fingerprint density at radius 3 is 1.55 bits per heavy atom. The van der Waals surface area contributed by atoms with Crippen LogP contribution in [0.2, 0.25) is 0 Å². The summed E-state index contributed by atoms with van der Waals surface area (Å²) in [5.74, 6) is -0.203. The van der Waals surface area contributed by atoms with Gasteiger partial charge in [-0.2, -0.15) is 0 Å². The summed E-state index contributed by atoms with van der Waals surface area (Å²) in [7, 11) is 0. The Bertz CT molecular complexity index is 1280. The second-order valence-electron chi connectivity index (χ2n) is 16.5. The summed E-state index contributed by atoms with van der Waals surface area (Å²) in [6.07, 6.45) is 53.1. The SMILES string of the molecule is CC/C=C\C/C=C\C/C=C\C/C=C\C/C=C\CCCCCCCCCCCC(=O)NC(COC1OC(CO)C(O)C(O)C1O)C(O)/C=C/CC/C=C/CC/C=C/CCCCCC. The highest BCUT2D eigenvalue weighted by atomic mass is 16.7. The molecule has 0 aromatic heterocycles. The summed E-state index contributed by atoms with van der Waals surface area (Å²) >= 11 is 0. The highest BCUT2D eigenvalue weighted by Crippen LogP contribution is 2.22. The van der Waals surface area contributed by atoms with Crippen LogP contribution < -0.4 is 5.32 Å². The van der Waals surface area contributed by atoms with Crippen molar-refractivity contribution >= 4 is 5.91 Å². The molecule has 0 radical (unpaired) electrons. The number of allylic oxidation sites excluding steroid dienone is 15. The van der Waals surface area contributed by atoms with E-state index in [1.165, 1.54) is 57.8 Å². The van der Waals surface area contributed by atoms with Crippen LogP contribution in [0.15, 0.2) is 97.2 Å². The quantitative estimate of drug-likeness (QED) is 0.0264. The number of carbonyl (C=O) groups is 1. The lowest BCUT2D eigenvalue weighted by Crippen LogP contribution is -2.60. The summed E-state index contributed by atoms with van der Waals surface area (Å²) in [4.78, 5) is 13.0. The molecule has 1 heterocycles. The van der Waals surface area contributed by atoms with Crippen molar-refractivity contribution in [3.8, 4) is 0 Å². The van der Waals surface area contributed by atoms with E-state index < -0.39 is 49.5 Å². The van der Waals surface area contributed by atoms with Gasteiger partial charge in [0.15, 0.2) is 6.29 Å². The summed E-state index contributed by atoms with van der Waals surface area (Å²) in [5.41, 5.74) is 0. The van der Waals surface area contributed by atoms with Gasteiger partial charge >= 0.3 is 0 Å². The van der Waals surface area contributed by atoms with E-state index in [2.05, 4.69) is 104 Å². The molecular formula is C53H89NO8. The maximum atomic E-state index is 13.0. The van der Waals surface area contributed by atoms with Gasteiger partial charge in [0.05, 0.1) is 25.4 Å². The van der Waals surface area contributed by atoms with E-state index in [1.54, 1.807) is 6.08 Å². The van der Waals surface area contributed by atoms with Gasteiger partial charge in [0.25, 0.3) is 0 Å². The van der Waals surface area contributed by atoms with E-state index in [1.807, 2.05) is 6.08 Å². The van der Waals surface area contributed by atoms with Crippen molar-refractivity contribution in [1.82, 2.24) is 5.32 Å². The molecule has 9 nitrogen and oxygen atoms in total. The van der Waals surface area contributed by atoms with Gasteiger partial charge < -0.3 is 40.3 Å². The van der Waals surface area contributed by atoms with Crippen molar-refractivity contribution in [3.63, 3.8) is 0 Å². The number of amides is 1. The average Bonchev–Trinajstić information content (AvgIpc) is 3.27. The fourth-order valence-electron chi connectivity index (χ4n) is 6.98. The van der Waals surface area contributed by atoms with Crippen LogP contribution in [0.4, 0.5) is 0 Å². The average molecular weight is 868 g/mol. The van der Waals surface area contributed by atoms with E-state index in [-0.39, 0.29) is 12.5 Å². The predicted octanol–water partition coefficient (Wildman–Crippen LogP) is 10.9. The van der Waals surface area contributed by atoms with Crippen molar-refractivity contribution < 1.29 is 39.8 Å². The van der Waals surface area contributed by atoms with Gasteiger partial charge in [-0.25, -0.2) is 0 Å². The molecule has 0 bridgehead atoms. The summed E-state index contributed by atoms with van der Waals surface area (Å²) in [6.45, 7) is 3.59. The van der Waals surface area contributed by atoms with Gasteiger partial charge in [-0.3, -0.25) is 4.79 Å². The fourth-order valence-corrected chi connectivity index (χ4v) is 6.98. The van der Waals surface area contributed by atoms with Gasteiger partial charge in [0, 0.05) is 6.42 Å². The van der Waals surface area contributed by atoms with Crippen LogP contribution in [0.25, 0.3) is 0 Å². The highest BCUT2D eigenvalue weighted by Gasteiger charge is 2.44. The topological polar surface area (TPSA) is 149 Å². The molecule has 0 aromatic carbocycles. The number of hydrogen-bond acceptors (Lipinski definition) is 8. The standard InChI is InChI=1S/C53H89NO8/c1-3-5-7-9-11-13-15-17-19-20-21-22-23-24-25-26-27-28-29-31-33-35-37-39-41-43-49(57)54-46(45-61-53-52(60)51(59)50(58)48(44-55)62-53)47(56)42-40-38-36-34-32-30-18-16-14-12-10-8-6-4-2/h5,7,11,13-14,16-17,19,21-22,24-25,32,34,40,42,46-48,50-53,55-56,58-60H,3-4,6,8-10,12,15,18,20,23,26-31,33,35-39,41,43-45H2,1-2H3,(H,54,57)/b7-5-,13-11-,16-14+,19-17-,22-21-,25-24-,34-32+,42-40+. The molecule has 6 N–H and O–H groups in total. The van der Waals surface area contributed by atoms with E-state index >= 15 is 0 Å². The Balaban J connectivity index is 2.32. The minimum absolute atomic E-state index is 0.203. The van der Waals surface area contributed by atoms with Gasteiger partial charge in [-0.05, 0) is 89.9 Å². The molecule has 0 saturated carbocycles. The third-order valence-electron chi connectivity index (χ3n) is 10.9. The Kier molecular flexibility index (Phi) is 38.8. The molecule has 1 aliphatic rings. The van der Waals surface area contributed by atoms with Gasteiger partial charge in [0.2, 0.25) is 5.91 Å². The predicted molar refractivity (Wildman–Crippen MR) is 258 cm³/mol. The van der Waals surface area contributed by atoms with Crippen LogP contribution in [-0.4, -0.2) is 87.5 Å². The van der Waals surface area contributed by atoms with Crippen molar-refractivity contribution in [3.05, 3.63) is 97.2 Å². The molecule has 9 heteroatoms. The molecule has 354 valence electrons. The zero-order valence-electron chi connectivity index (χ0n) is 38.8. The largest absolute Gasteiger partial charge is 0.394 e. The molecule has 0 aliphatic carbocycles. The highest BCUT2D eigenvalue weighted by molar-refractivity contribution is 5.76. The first kappa shape index (κ1) is 57.1. The van der Waals surface area contributed by atoms with Crippen molar-refractivity contribution in [1.29, 1.82) is 0 Å². The molecule has 1 rings (SSSR count). The molecule has 7 atom stereocenters. The van der Waals surface area contributed by atoms with Crippen LogP contribution in [0, 0.1) is 0 Å². The van der Waals surface area contributed by atoms with E-state index in [0.29, 0.717) is 6.42 Å². The zero-order chi connectivity index (χ0) is 45.1. The van der Waals surface area contributed by atoms with Crippen molar-refractivity contribution in [2.75, 3.05) is 13.2 Å². The second kappa shape index (κ2) is 42.1. The first-order valence-electron chi connectivity index (χ1n) is 24.5. The lowest BCUT2D eigenvalue weighted by atomic mass is 9.99. The number of aliphatic hydroxyl groups is 5. The first-order valence-corrected chi connectivity index (χ1v) is 24.5. The number of ether oxygens (including phenoxy) is 2. The lowest BCUT2D eigenvalue weighted by molar-refractivity contribution is -0.302. The molecule has 1 amide bonds. The summed E-state index contributed by atoms with van der Waals surface area (Å²) in [5, 5.41) is 54.2. The van der Waals surface area contributed by atoms with E-state index in [4.69, 9.17) is 9.47 Å². The van der Waals surface area contributed by atoms with Crippen LogP contribution in [-0.2, 0) is 14.3 Å². The van der Waals surface area contributed by atoms with Crippen LogP contribution >= 0.6 is 0 Å². The van der Waals surface area contributed by atoms with Gasteiger partial charge in [0.1, 0.15) is 24.4 Å². The van der Waals surface area contributed by atoms with Gasteiger partial charge in [-0.1, -0.05) is 175 Å². The molecular weight excluding hydrogens is 779 g/mol. The summed E-state index contributed by atoms with van der Waals surface area (Å²) in [6, 6.07) is -0.837. The van der Waals surface area contributed by atoms with Crippen molar-refractivity contribution in [2.24, 2.45) is 0 Å². The van der Waals surface area contributed by atoms with Crippen LogP contribution in [0.5, 0.6) is 0 Å². The first-order chi connectivity index (χ1) is 30.3. The maximum Gasteiger partial charge on any atom is 0.220 e. The smallest absolute Gasteiger partial charge is 0.220 e. The molecule has 0 aromatic rings. The fraction of sp³-hybridized carbons (Fsp3) is 0.679. The minimum Gasteiger partial charge on any atom is -0.394 e. The molecule has 7 unspecified atom stereocenters. The molecule has 1 saturated heterocycles. The Labute approximate surface area is 377 Å². The number of nitrogens with one attached hydrogen (secondary N) is 1. The lowest BCUT2D eigenvalue weighted by Gasteiger charge is -2.40. The number of hydrogen-bond donors (Lipinski definition) is 6. The number of rotatable bonds is 39. The second-order valence-corrected chi connectivity index (χ2v) is 16.5.